The van der Waals surface area contributed by atoms with E-state index in [1.165, 1.54) is 17.8 Å². The van der Waals surface area contributed by atoms with Gasteiger partial charge in [-0.3, -0.25) is 14.4 Å². The summed E-state index contributed by atoms with van der Waals surface area (Å²) in [6.07, 6.45) is 1.50. The molecule has 0 bridgehead atoms. The van der Waals surface area contributed by atoms with Crippen LogP contribution in [0, 0.1) is 0 Å². The first-order chi connectivity index (χ1) is 23.3. The van der Waals surface area contributed by atoms with Crippen LogP contribution in [0.25, 0.3) is 28.2 Å². The van der Waals surface area contributed by atoms with E-state index in [0.29, 0.717) is 22.8 Å². The quantitative estimate of drug-likeness (QED) is 0.0970. The number of benzene rings is 5. The van der Waals surface area contributed by atoms with Crippen LogP contribution in [0.5, 0.6) is 0 Å². The topological polar surface area (TPSA) is 100 Å². The van der Waals surface area contributed by atoms with E-state index in [2.05, 4.69) is 31.9 Å². The van der Waals surface area contributed by atoms with Gasteiger partial charge in [0.25, 0.3) is 11.8 Å². The number of carbonyl (C=O) groups excluding carboxylic acids is 3. The molecule has 0 aliphatic heterocycles. The Hall–Kier alpha value is -5.38. The predicted molar refractivity (Wildman–Crippen MR) is 197 cm³/mol. The molecule has 48 heavy (non-hydrogen) atoms. The highest BCUT2D eigenvalue weighted by Gasteiger charge is 2.18. The highest BCUT2D eigenvalue weighted by Crippen LogP contribution is 2.29. The Bertz CT molecular complexity index is 2100. The fourth-order valence-electron chi connectivity index (χ4n) is 4.93. The van der Waals surface area contributed by atoms with Crippen molar-refractivity contribution in [3.8, 4) is 11.3 Å². The Morgan fingerprint density at radius 2 is 1.46 bits per heavy atom. The third-order valence-electron chi connectivity index (χ3n) is 7.41. The Morgan fingerprint density at radius 1 is 0.750 bits per heavy atom. The standard InChI is InChI=1S/C39H30BrN3O4S/c1-25(37(44)42-34-13-7-11-26-8-5-6-12-33(26)34)48-32-21-18-30(19-22-32)41-39(46)35(43-38(45)28-9-3-2-4-10-28)24-31-20-23-36(47-31)27-14-16-29(40)17-15-27/h2-25H,1H3,(H,41,46)(H,42,44)(H,43,45)/b35-24-/t25-/m1/s1. The first-order valence-electron chi connectivity index (χ1n) is 15.1. The molecule has 0 spiro atoms. The summed E-state index contributed by atoms with van der Waals surface area (Å²) in [4.78, 5) is 40.5. The van der Waals surface area contributed by atoms with Crippen LogP contribution in [0.3, 0.4) is 0 Å². The molecule has 6 rings (SSSR count). The van der Waals surface area contributed by atoms with Crippen LogP contribution in [0.15, 0.2) is 153 Å². The molecule has 0 unspecified atom stereocenters. The number of fused-ring (bicyclic) bond motifs is 1. The lowest BCUT2D eigenvalue weighted by Crippen LogP contribution is -2.30. The van der Waals surface area contributed by atoms with Crippen LogP contribution in [-0.2, 0) is 9.59 Å². The molecule has 1 heterocycles. The second kappa shape index (κ2) is 15.0. The molecule has 1 aromatic heterocycles. The third-order valence-corrected chi connectivity index (χ3v) is 9.05. The average Bonchev–Trinajstić information content (AvgIpc) is 3.58. The average molecular weight is 717 g/mol. The summed E-state index contributed by atoms with van der Waals surface area (Å²) >= 11 is 4.85. The Morgan fingerprint density at radius 3 is 2.23 bits per heavy atom. The van der Waals surface area contributed by atoms with Crippen molar-refractivity contribution in [3.05, 3.63) is 155 Å². The number of halogens is 1. The molecule has 6 aromatic rings. The van der Waals surface area contributed by atoms with Gasteiger partial charge in [-0.15, -0.1) is 11.8 Å². The minimum Gasteiger partial charge on any atom is -0.457 e. The molecule has 0 saturated carbocycles. The zero-order valence-corrected chi connectivity index (χ0v) is 28.2. The van der Waals surface area contributed by atoms with Crippen molar-refractivity contribution >= 4 is 73.6 Å². The van der Waals surface area contributed by atoms with Gasteiger partial charge < -0.3 is 20.4 Å². The van der Waals surface area contributed by atoms with E-state index < -0.39 is 11.8 Å². The molecule has 0 aliphatic rings. The lowest BCUT2D eigenvalue weighted by molar-refractivity contribution is -0.115. The van der Waals surface area contributed by atoms with Crippen LogP contribution in [0.1, 0.15) is 23.0 Å². The smallest absolute Gasteiger partial charge is 0.272 e. The van der Waals surface area contributed by atoms with E-state index in [1.54, 1.807) is 42.5 Å². The molecule has 0 radical (unpaired) electrons. The molecule has 7 nitrogen and oxygen atoms in total. The first-order valence-corrected chi connectivity index (χ1v) is 16.8. The van der Waals surface area contributed by atoms with Crippen molar-refractivity contribution in [2.24, 2.45) is 0 Å². The van der Waals surface area contributed by atoms with Gasteiger partial charge in [-0.05, 0) is 79.0 Å². The molecule has 3 amide bonds. The maximum Gasteiger partial charge on any atom is 0.272 e. The van der Waals surface area contributed by atoms with Gasteiger partial charge in [0.2, 0.25) is 5.91 Å². The molecule has 0 fully saturated rings. The van der Waals surface area contributed by atoms with Crippen LogP contribution in [0.2, 0.25) is 0 Å². The summed E-state index contributed by atoms with van der Waals surface area (Å²) < 4.78 is 6.95. The third kappa shape index (κ3) is 8.12. The predicted octanol–water partition coefficient (Wildman–Crippen LogP) is 9.39. The normalized spacial score (nSPS) is 11.9. The van der Waals surface area contributed by atoms with E-state index >= 15 is 0 Å². The van der Waals surface area contributed by atoms with Crippen LogP contribution in [-0.4, -0.2) is 23.0 Å². The molecule has 0 saturated heterocycles. The van der Waals surface area contributed by atoms with Crippen molar-refractivity contribution < 1.29 is 18.8 Å². The largest absolute Gasteiger partial charge is 0.457 e. The molecule has 1 atom stereocenters. The molecule has 9 heteroatoms. The number of nitrogens with one attached hydrogen (secondary N) is 3. The minimum absolute atomic E-state index is 0.0118. The maximum atomic E-state index is 13.5. The zero-order chi connectivity index (χ0) is 33.5. The summed E-state index contributed by atoms with van der Waals surface area (Å²) in [5, 5.41) is 10.3. The lowest BCUT2D eigenvalue weighted by Gasteiger charge is -2.14. The van der Waals surface area contributed by atoms with Crippen molar-refractivity contribution in [2.45, 2.75) is 17.1 Å². The van der Waals surface area contributed by atoms with Gasteiger partial charge in [0.05, 0.1) is 5.25 Å². The van der Waals surface area contributed by atoms with Gasteiger partial charge >= 0.3 is 0 Å². The highest BCUT2D eigenvalue weighted by molar-refractivity contribution is 9.10. The van der Waals surface area contributed by atoms with Gasteiger partial charge in [-0.2, -0.15) is 0 Å². The lowest BCUT2D eigenvalue weighted by atomic mass is 10.1. The molecule has 0 aliphatic carbocycles. The number of hydrogen-bond acceptors (Lipinski definition) is 5. The second-order valence-electron chi connectivity index (χ2n) is 10.8. The number of furan rings is 1. The summed E-state index contributed by atoms with van der Waals surface area (Å²) in [7, 11) is 0. The van der Waals surface area contributed by atoms with E-state index in [9.17, 15) is 14.4 Å². The van der Waals surface area contributed by atoms with Gasteiger partial charge in [-0.25, -0.2) is 0 Å². The van der Waals surface area contributed by atoms with Crippen LogP contribution in [0.4, 0.5) is 11.4 Å². The summed E-state index contributed by atoms with van der Waals surface area (Å²) in [6.45, 7) is 1.85. The highest BCUT2D eigenvalue weighted by atomic mass is 79.9. The summed E-state index contributed by atoms with van der Waals surface area (Å²) in [5.74, 6) is -0.0489. The molecule has 238 valence electrons. The van der Waals surface area contributed by atoms with E-state index in [1.807, 2.05) is 97.9 Å². The fraction of sp³-hybridized carbons (Fsp3) is 0.0513. The van der Waals surface area contributed by atoms with Gasteiger partial charge in [-0.1, -0.05) is 82.7 Å². The van der Waals surface area contributed by atoms with E-state index in [-0.39, 0.29) is 16.9 Å². The molecule has 5 aromatic carbocycles. The molecular formula is C39H30BrN3O4S. The zero-order valence-electron chi connectivity index (χ0n) is 25.8. The Balaban J connectivity index is 1.14. The molecule has 3 N–H and O–H groups in total. The Kier molecular flexibility index (Phi) is 10.2. The number of amides is 3. The van der Waals surface area contributed by atoms with Crippen LogP contribution >= 0.6 is 27.7 Å². The van der Waals surface area contributed by atoms with Crippen molar-refractivity contribution in [1.82, 2.24) is 5.32 Å². The van der Waals surface area contributed by atoms with Crippen molar-refractivity contribution in [1.29, 1.82) is 0 Å². The minimum atomic E-state index is -0.524. The van der Waals surface area contributed by atoms with Crippen LogP contribution < -0.4 is 16.0 Å². The second-order valence-corrected chi connectivity index (χ2v) is 13.2. The molecular weight excluding hydrogens is 686 g/mol. The van der Waals surface area contributed by atoms with Gasteiger partial charge in [0, 0.05) is 43.3 Å². The number of thioether (sulfide) groups is 1. The van der Waals surface area contributed by atoms with E-state index in [4.69, 9.17) is 4.42 Å². The van der Waals surface area contributed by atoms with E-state index in [0.717, 1.165) is 31.4 Å². The summed E-state index contributed by atoms with van der Waals surface area (Å²) in [6, 6.07) is 40.8. The maximum absolute atomic E-state index is 13.5. The first kappa shape index (κ1) is 32.6. The van der Waals surface area contributed by atoms with Crippen molar-refractivity contribution in [3.63, 3.8) is 0 Å². The van der Waals surface area contributed by atoms with Gasteiger partial charge in [0.15, 0.2) is 0 Å². The fourth-order valence-corrected chi connectivity index (χ4v) is 6.06. The number of hydrogen-bond donors (Lipinski definition) is 3. The van der Waals surface area contributed by atoms with Gasteiger partial charge in [0.1, 0.15) is 17.2 Å². The SMILES string of the molecule is C[C@@H](Sc1ccc(NC(=O)/C(=C/c2ccc(-c3ccc(Br)cc3)o2)NC(=O)c2ccccc2)cc1)C(=O)Nc1cccc2ccccc12. The number of rotatable bonds is 10. The summed E-state index contributed by atoms with van der Waals surface area (Å²) in [5.41, 5.74) is 2.58. The Labute approximate surface area is 290 Å². The monoisotopic (exact) mass is 715 g/mol. The van der Waals surface area contributed by atoms with Crippen molar-refractivity contribution in [2.75, 3.05) is 10.6 Å². The number of anilines is 2. The number of carbonyl (C=O) groups is 3.